The lowest BCUT2D eigenvalue weighted by Crippen LogP contribution is -2.30. The summed E-state index contributed by atoms with van der Waals surface area (Å²) < 4.78 is 7.16. The monoisotopic (exact) mass is 348 g/mol. The molecule has 1 aliphatic carbocycles. The van der Waals surface area contributed by atoms with Crippen LogP contribution in [-0.2, 0) is 4.74 Å². The summed E-state index contributed by atoms with van der Waals surface area (Å²) in [4.78, 5) is 6.79. The Kier molecular flexibility index (Phi) is 4.21. The molecule has 0 unspecified atom stereocenters. The molecule has 0 amide bonds. The van der Waals surface area contributed by atoms with E-state index in [4.69, 9.17) is 4.74 Å². The van der Waals surface area contributed by atoms with Gasteiger partial charge in [-0.1, -0.05) is 0 Å². The fourth-order valence-corrected chi connectivity index (χ4v) is 2.87. The van der Waals surface area contributed by atoms with Gasteiger partial charge in [0.2, 0.25) is 0 Å². The summed E-state index contributed by atoms with van der Waals surface area (Å²) in [7, 11) is 1.73. The van der Waals surface area contributed by atoms with E-state index in [-0.39, 0.29) is 0 Å². The largest absolute Gasteiger partial charge is 0.383 e. The minimum Gasteiger partial charge on any atom is -0.383 e. The van der Waals surface area contributed by atoms with E-state index in [0.717, 1.165) is 27.9 Å². The Labute approximate surface area is 112 Å². The first kappa shape index (κ1) is 12.3. The Morgan fingerprint density at radius 1 is 1.50 bits per heavy atom. The Balaban J connectivity index is 2.17. The predicted octanol–water partition coefficient (Wildman–Crippen LogP) is 3.22. The third-order valence-corrected chi connectivity index (χ3v) is 3.60. The minimum absolute atomic E-state index is 0.639. The normalized spacial score (nSPS) is 15.2. The first-order valence-corrected chi connectivity index (χ1v) is 6.87. The molecule has 1 aliphatic rings. The predicted molar refractivity (Wildman–Crippen MR) is 71.9 cm³/mol. The van der Waals surface area contributed by atoms with Gasteiger partial charge in [-0.15, -0.1) is 0 Å². The van der Waals surface area contributed by atoms with Gasteiger partial charge in [0.1, 0.15) is 5.82 Å². The zero-order valence-electron chi connectivity index (χ0n) is 9.12. The number of methoxy groups -OCH3 is 1. The highest BCUT2D eigenvalue weighted by molar-refractivity contribution is 9.11. The standard InChI is InChI=1S/C11H14Br2N2O/c1-16-5-4-15(9-2-3-9)11-10(13)6-8(12)7-14-11/h6-7,9H,2-5H2,1H3. The molecule has 88 valence electrons. The molecule has 1 saturated carbocycles. The zero-order chi connectivity index (χ0) is 11.5. The van der Waals surface area contributed by atoms with Gasteiger partial charge in [-0.3, -0.25) is 0 Å². The smallest absolute Gasteiger partial charge is 0.143 e. The van der Waals surface area contributed by atoms with Crippen LogP contribution in [0.4, 0.5) is 5.82 Å². The van der Waals surface area contributed by atoms with E-state index in [0.29, 0.717) is 6.04 Å². The van der Waals surface area contributed by atoms with Crippen LogP contribution < -0.4 is 4.90 Å². The Morgan fingerprint density at radius 3 is 2.81 bits per heavy atom. The number of aromatic nitrogens is 1. The van der Waals surface area contributed by atoms with E-state index in [1.807, 2.05) is 12.3 Å². The number of anilines is 1. The van der Waals surface area contributed by atoms with E-state index in [1.165, 1.54) is 12.8 Å². The molecule has 2 rings (SSSR count). The summed E-state index contributed by atoms with van der Waals surface area (Å²) in [5, 5.41) is 0. The highest BCUT2D eigenvalue weighted by Gasteiger charge is 2.30. The van der Waals surface area contributed by atoms with Crippen molar-refractivity contribution in [2.45, 2.75) is 18.9 Å². The average Bonchev–Trinajstić information content (AvgIpc) is 3.05. The zero-order valence-corrected chi connectivity index (χ0v) is 12.3. The topological polar surface area (TPSA) is 25.4 Å². The van der Waals surface area contributed by atoms with Gasteiger partial charge in [0.05, 0.1) is 11.1 Å². The van der Waals surface area contributed by atoms with E-state index >= 15 is 0 Å². The van der Waals surface area contributed by atoms with Crippen molar-refractivity contribution in [1.29, 1.82) is 0 Å². The fraction of sp³-hybridized carbons (Fsp3) is 0.545. The lowest BCUT2D eigenvalue weighted by Gasteiger charge is -2.24. The van der Waals surface area contributed by atoms with Crippen LogP contribution in [0.25, 0.3) is 0 Å². The first-order valence-electron chi connectivity index (χ1n) is 5.29. The van der Waals surface area contributed by atoms with Gasteiger partial charge in [0, 0.05) is 30.4 Å². The number of hydrogen-bond donors (Lipinski definition) is 0. The molecule has 0 aromatic carbocycles. The summed E-state index contributed by atoms with van der Waals surface area (Å²) in [6.07, 6.45) is 4.35. The number of halogens is 2. The molecule has 0 spiro atoms. The lowest BCUT2D eigenvalue weighted by atomic mass is 10.4. The summed E-state index contributed by atoms with van der Waals surface area (Å²) in [6.45, 7) is 1.63. The number of hydrogen-bond acceptors (Lipinski definition) is 3. The van der Waals surface area contributed by atoms with Crippen molar-refractivity contribution in [2.75, 3.05) is 25.2 Å². The van der Waals surface area contributed by atoms with Gasteiger partial charge in [0.15, 0.2) is 0 Å². The van der Waals surface area contributed by atoms with E-state index in [2.05, 4.69) is 41.7 Å². The third kappa shape index (κ3) is 2.96. The Bertz CT molecular complexity index is 369. The number of nitrogens with zero attached hydrogens (tertiary/aromatic N) is 2. The molecule has 1 heterocycles. The van der Waals surface area contributed by atoms with E-state index in [9.17, 15) is 0 Å². The number of ether oxygens (including phenoxy) is 1. The molecule has 0 N–H and O–H groups in total. The van der Waals surface area contributed by atoms with Crippen molar-refractivity contribution in [3.8, 4) is 0 Å². The number of rotatable bonds is 5. The van der Waals surface area contributed by atoms with Crippen molar-refractivity contribution in [1.82, 2.24) is 4.98 Å². The average molecular weight is 350 g/mol. The molecule has 0 bridgehead atoms. The maximum absolute atomic E-state index is 5.14. The molecule has 5 heteroatoms. The number of pyridine rings is 1. The highest BCUT2D eigenvalue weighted by Crippen LogP contribution is 2.35. The van der Waals surface area contributed by atoms with E-state index < -0.39 is 0 Å². The molecule has 1 fully saturated rings. The molecule has 0 saturated heterocycles. The molecular formula is C11H14Br2N2O. The fourth-order valence-electron chi connectivity index (χ4n) is 1.66. The molecule has 1 aromatic rings. The van der Waals surface area contributed by atoms with Crippen LogP contribution >= 0.6 is 31.9 Å². The molecular weight excluding hydrogens is 336 g/mol. The van der Waals surface area contributed by atoms with Gasteiger partial charge in [-0.25, -0.2) is 4.98 Å². The van der Waals surface area contributed by atoms with Crippen molar-refractivity contribution < 1.29 is 4.74 Å². The van der Waals surface area contributed by atoms with Crippen molar-refractivity contribution in [2.24, 2.45) is 0 Å². The van der Waals surface area contributed by atoms with Crippen LogP contribution in [0.1, 0.15) is 12.8 Å². The maximum Gasteiger partial charge on any atom is 0.143 e. The molecule has 3 nitrogen and oxygen atoms in total. The van der Waals surface area contributed by atoms with Crippen LogP contribution in [0.2, 0.25) is 0 Å². The van der Waals surface area contributed by atoms with Gasteiger partial charge < -0.3 is 9.64 Å². The summed E-state index contributed by atoms with van der Waals surface area (Å²) in [5.41, 5.74) is 0. The van der Waals surface area contributed by atoms with Gasteiger partial charge in [0.25, 0.3) is 0 Å². The third-order valence-electron chi connectivity index (χ3n) is 2.58. The molecule has 0 radical (unpaired) electrons. The van der Waals surface area contributed by atoms with Crippen molar-refractivity contribution in [3.63, 3.8) is 0 Å². The SMILES string of the molecule is COCCN(c1ncc(Br)cc1Br)C1CC1. The Hall–Kier alpha value is -0.130. The first-order chi connectivity index (χ1) is 7.72. The quantitative estimate of drug-likeness (QED) is 0.816. The second-order valence-electron chi connectivity index (χ2n) is 3.88. The summed E-state index contributed by atoms with van der Waals surface area (Å²) in [6, 6.07) is 2.67. The van der Waals surface area contributed by atoms with E-state index in [1.54, 1.807) is 7.11 Å². The molecule has 16 heavy (non-hydrogen) atoms. The second kappa shape index (κ2) is 5.47. The highest BCUT2D eigenvalue weighted by atomic mass is 79.9. The van der Waals surface area contributed by atoms with Gasteiger partial charge in [-0.05, 0) is 50.8 Å². The Morgan fingerprint density at radius 2 is 2.25 bits per heavy atom. The molecule has 0 atom stereocenters. The van der Waals surface area contributed by atoms with Crippen molar-refractivity contribution in [3.05, 3.63) is 21.2 Å². The van der Waals surface area contributed by atoms with Crippen LogP contribution in [-0.4, -0.2) is 31.3 Å². The summed E-state index contributed by atoms with van der Waals surface area (Å²) >= 11 is 6.98. The van der Waals surface area contributed by atoms with Crippen LogP contribution in [0.5, 0.6) is 0 Å². The molecule has 0 aliphatic heterocycles. The lowest BCUT2D eigenvalue weighted by molar-refractivity contribution is 0.204. The minimum atomic E-state index is 0.639. The van der Waals surface area contributed by atoms with Gasteiger partial charge >= 0.3 is 0 Å². The van der Waals surface area contributed by atoms with Crippen molar-refractivity contribution >= 4 is 37.7 Å². The van der Waals surface area contributed by atoms with Gasteiger partial charge in [-0.2, -0.15) is 0 Å². The summed E-state index contributed by atoms with van der Waals surface area (Å²) in [5.74, 6) is 1.02. The molecule has 1 aromatic heterocycles. The van der Waals surface area contributed by atoms with Crippen LogP contribution in [0.3, 0.4) is 0 Å². The second-order valence-corrected chi connectivity index (χ2v) is 5.65. The van der Waals surface area contributed by atoms with Crippen LogP contribution in [0, 0.1) is 0 Å². The van der Waals surface area contributed by atoms with Crippen LogP contribution in [0.15, 0.2) is 21.2 Å². The maximum atomic E-state index is 5.14.